The predicted octanol–water partition coefficient (Wildman–Crippen LogP) is 4.95. The molecule has 1 atom stereocenters. The van der Waals surface area contributed by atoms with Gasteiger partial charge in [0.05, 0.1) is 11.6 Å². The van der Waals surface area contributed by atoms with E-state index < -0.39 is 11.7 Å². The molecule has 0 aliphatic heterocycles. The number of rotatable bonds is 4. The molecular formula is C20H19F3N2O. The monoisotopic (exact) mass is 360 g/mol. The molecular weight excluding hydrogens is 341 g/mol. The van der Waals surface area contributed by atoms with Gasteiger partial charge in [0, 0.05) is 18.4 Å². The fraction of sp³-hybridized carbons (Fsp3) is 0.250. The number of aryl methyl sites for hydroxylation is 1. The van der Waals surface area contributed by atoms with Crippen molar-refractivity contribution in [1.82, 2.24) is 0 Å². The minimum absolute atomic E-state index is 0.00219. The van der Waals surface area contributed by atoms with Crippen LogP contribution in [0.3, 0.4) is 0 Å². The molecule has 2 aromatic rings. The highest BCUT2D eigenvalue weighted by molar-refractivity contribution is 5.98. The number of alkyl halides is 3. The van der Waals surface area contributed by atoms with Crippen molar-refractivity contribution in [3.8, 4) is 0 Å². The molecule has 136 valence electrons. The number of hydrogen-bond acceptors (Lipinski definition) is 2. The van der Waals surface area contributed by atoms with E-state index in [0.29, 0.717) is 11.4 Å². The fourth-order valence-corrected chi connectivity index (χ4v) is 3.35. The minimum atomic E-state index is -4.36. The lowest BCUT2D eigenvalue weighted by Crippen LogP contribution is -2.22. The van der Waals surface area contributed by atoms with Gasteiger partial charge < -0.3 is 10.2 Å². The molecule has 1 amide bonds. The van der Waals surface area contributed by atoms with Crippen LogP contribution >= 0.6 is 0 Å². The third-order valence-electron chi connectivity index (χ3n) is 4.69. The van der Waals surface area contributed by atoms with Crippen LogP contribution in [0.4, 0.5) is 24.5 Å². The molecule has 0 radical (unpaired) electrons. The Morgan fingerprint density at radius 1 is 1.27 bits per heavy atom. The number of nitrogens with zero attached hydrogens (tertiary/aromatic N) is 1. The summed E-state index contributed by atoms with van der Waals surface area (Å²) in [6, 6.07) is 11.0. The van der Waals surface area contributed by atoms with Crippen LogP contribution in [0.2, 0.25) is 0 Å². The zero-order chi connectivity index (χ0) is 18.9. The van der Waals surface area contributed by atoms with Gasteiger partial charge in [0.1, 0.15) is 0 Å². The normalized spacial score (nSPS) is 16.1. The number of anilines is 2. The highest BCUT2D eigenvalue weighted by atomic mass is 19.4. The van der Waals surface area contributed by atoms with Crippen LogP contribution in [0, 0.1) is 0 Å². The number of benzene rings is 2. The van der Waals surface area contributed by atoms with Gasteiger partial charge in [0.2, 0.25) is 5.91 Å². The topological polar surface area (TPSA) is 32.3 Å². The van der Waals surface area contributed by atoms with Crippen LogP contribution in [-0.2, 0) is 17.4 Å². The number of hydrogen-bond donors (Lipinski definition) is 1. The number of nitrogens with one attached hydrogen (secondary N) is 1. The van der Waals surface area contributed by atoms with Crippen LogP contribution in [0.15, 0.2) is 55.1 Å². The standard InChI is InChI=1S/C20H19F3N2O/c1-3-19(26)24-15-8-9-17-13(11-15)7-10-18(17)25(2)16-6-4-5-14(12-16)20(21,22)23/h3-6,8-9,11-12,18H,1,7,10H2,2H3,(H,24,26). The number of fused-ring (bicyclic) bond motifs is 1. The molecule has 0 heterocycles. The molecule has 0 saturated heterocycles. The molecule has 26 heavy (non-hydrogen) atoms. The molecule has 0 fully saturated rings. The smallest absolute Gasteiger partial charge is 0.368 e. The van der Waals surface area contributed by atoms with Crippen molar-refractivity contribution in [1.29, 1.82) is 0 Å². The Balaban J connectivity index is 1.85. The van der Waals surface area contributed by atoms with E-state index in [1.807, 2.05) is 24.1 Å². The molecule has 3 rings (SSSR count). The first-order valence-corrected chi connectivity index (χ1v) is 8.26. The molecule has 0 spiro atoms. The van der Waals surface area contributed by atoms with E-state index in [-0.39, 0.29) is 11.9 Å². The van der Waals surface area contributed by atoms with Crippen molar-refractivity contribution in [2.75, 3.05) is 17.3 Å². The first-order valence-electron chi connectivity index (χ1n) is 8.26. The van der Waals surface area contributed by atoms with Crippen molar-refractivity contribution in [3.63, 3.8) is 0 Å². The third-order valence-corrected chi connectivity index (χ3v) is 4.69. The number of carbonyl (C=O) groups is 1. The Morgan fingerprint density at radius 3 is 2.73 bits per heavy atom. The zero-order valence-corrected chi connectivity index (χ0v) is 14.3. The summed E-state index contributed by atoms with van der Waals surface area (Å²) < 4.78 is 38.9. The summed E-state index contributed by atoms with van der Waals surface area (Å²) in [5.41, 5.74) is 2.73. The quantitative estimate of drug-likeness (QED) is 0.782. The van der Waals surface area contributed by atoms with Gasteiger partial charge in [-0.05, 0) is 60.4 Å². The average Bonchev–Trinajstić information content (AvgIpc) is 3.03. The Labute approximate surface area is 150 Å². The first-order chi connectivity index (χ1) is 12.3. The Morgan fingerprint density at radius 2 is 2.04 bits per heavy atom. The summed E-state index contributed by atoms with van der Waals surface area (Å²) in [6.45, 7) is 3.42. The maximum atomic E-state index is 13.0. The van der Waals surface area contributed by atoms with Gasteiger partial charge in [-0.15, -0.1) is 0 Å². The van der Waals surface area contributed by atoms with Gasteiger partial charge in [0.15, 0.2) is 0 Å². The molecule has 0 aromatic heterocycles. The van der Waals surface area contributed by atoms with E-state index in [9.17, 15) is 18.0 Å². The van der Waals surface area contributed by atoms with Crippen LogP contribution < -0.4 is 10.2 Å². The fourth-order valence-electron chi connectivity index (χ4n) is 3.35. The van der Waals surface area contributed by atoms with Gasteiger partial charge in [-0.3, -0.25) is 4.79 Å². The summed E-state index contributed by atoms with van der Waals surface area (Å²) in [4.78, 5) is 13.3. The summed E-state index contributed by atoms with van der Waals surface area (Å²) in [6.07, 6.45) is -1.54. The average molecular weight is 360 g/mol. The zero-order valence-electron chi connectivity index (χ0n) is 14.3. The van der Waals surface area contributed by atoms with E-state index in [1.54, 1.807) is 12.1 Å². The second kappa shape index (κ2) is 6.86. The van der Waals surface area contributed by atoms with E-state index >= 15 is 0 Å². The van der Waals surface area contributed by atoms with Gasteiger partial charge in [-0.25, -0.2) is 0 Å². The van der Waals surface area contributed by atoms with Gasteiger partial charge in [0.25, 0.3) is 0 Å². The van der Waals surface area contributed by atoms with Crippen LogP contribution in [0.5, 0.6) is 0 Å². The lowest BCUT2D eigenvalue weighted by Gasteiger charge is -2.28. The number of halogens is 3. The third kappa shape index (κ3) is 3.59. The van der Waals surface area contributed by atoms with Crippen molar-refractivity contribution < 1.29 is 18.0 Å². The molecule has 1 aliphatic carbocycles. The lowest BCUT2D eigenvalue weighted by atomic mass is 10.1. The van der Waals surface area contributed by atoms with E-state index in [4.69, 9.17) is 0 Å². The molecule has 1 unspecified atom stereocenters. The molecule has 1 aliphatic rings. The maximum absolute atomic E-state index is 13.0. The van der Waals surface area contributed by atoms with Crippen molar-refractivity contribution in [3.05, 3.63) is 71.8 Å². The van der Waals surface area contributed by atoms with Gasteiger partial charge >= 0.3 is 6.18 Å². The second-order valence-corrected chi connectivity index (χ2v) is 6.32. The van der Waals surface area contributed by atoms with E-state index in [0.717, 1.165) is 30.0 Å². The Hall–Kier alpha value is -2.76. The number of amides is 1. The summed E-state index contributed by atoms with van der Waals surface area (Å²) in [5, 5.41) is 2.73. The van der Waals surface area contributed by atoms with Crippen LogP contribution in [-0.4, -0.2) is 13.0 Å². The van der Waals surface area contributed by atoms with Crippen molar-refractivity contribution >= 4 is 17.3 Å². The van der Waals surface area contributed by atoms with Crippen LogP contribution in [0.1, 0.15) is 29.2 Å². The van der Waals surface area contributed by atoms with Crippen molar-refractivity contribution in [2.45, 2.75) is 25.1 Å². The molecule has 0 bridgehead atoms. The Bertz CT molecular complexity index is 845. The second-order valence-electron chi connectivity index (χ2n) is 6.32. The SMILES string of the molecule is C=CC(=O)Nc1ccc2c(c1)CCC2N(C)c1cccc(C(F)(F)F)c1. The highest BCUT2D eigenvalue weighted by Crippen LogP contribution is 2.40. The molecule has 0 saturated carbocycles. The molecule has 2 aromatic carbocycles. The predicted molar refractivity (Wildman–Crippen MR) is 96.2 cm³/mol. The number of carbonyl (C=O) groups excluding carboxylic acids is 1. The van der Waals surface area contributed by atoms with Gasteiger partial charge in [-0.1, -0.05) is 18.7 Å². The van der Waals surface area contributed by atoms with Crippen LogP contribution in [0.25, 0.3) is 0 Å². The van der Waals surface area contributed by atoms with Crippen molar-refractivity contribution in [2.24, 2.45) is 0 Å². The molecule has 6 heteroatoms. The largest absolute Gasteiger partial charge is 0.416 e. The summed E-state index contributed by atoms with van der Waals surface area (Å²) in [5.74, 6) is -0.277. The molecule has 3 nitrogen and oxygen atoms in total. The minimum Gasteiger partial charge on any atom is -0.368 e. The summed E-state index contributed by atoms with van der Waals surface area (Å²) in [7, 11) is 1.81. The summed E-state index contributed by atoms with van der Waals surface area (Å²) >= 11 is 0. The molecule has 1 N–H and O–H groups in total. The van der Waals surface area contributed by atoms with E-state index in [2.05, 4.69) is 11.9 Å². The first kappa shape index (κ1) is 18.0. The highest BCUT2D eigenvalue weighted by Gasteiger charge is 2.32. The Kier molecular flexibility index (Phi) is 4.76. The lowest BCUT2D eigenvalue weighted by molar-refractivity contribution is -0.137. The van der Waals surface area contributed by atoms with Gasteiger partial charge in [-0.2, -0.15) is 13.2 Å². The maximum Gasteiger partial charge on any atom is 0.416 e. The van der Waals surface area contributed by atoms with E-state index in [1.165, 1.54) is 18.2 Å².